The Kier molecular flexibility index (Phi) is 3.10. The van der Waals surface area contributed by atoms with Gasteiger partial charge < -0.3 is 0 Å². The van der Waals surface area contributed by atoms with E-state index in [-0.39, 0.29) is 0 Å². The van der Waals surface area contributed by atoms with Gasteiger partial charge in [-0.25, -0.2) is 0 Å². The van der Waals surface area contributed by atoms with E-state index in [1.807, 2.05) is 0 Å². The second-order valence-electron chi connectivity index (χ2n) is 6.87. The predicted octanol–water partition coefficient (Wildman–Crippen LogP) is 1.39. The van der Waals surface area contributed by atoms with Crippen LogP contribution >= 0.6 is 0 Å². The molecule has 4 fully saturated rings. The monoisotopic (exact) mass is 249 g/mol. The summed E-state index contributed by atoms with van der Waals surface area (Å²) >= 11 is 0. The molecule has 0 aliphatic carbocycles. The highest BCUT2D eigenvalue weighted by atomic mass is 15.3. The number of rotatable bonds is 0. The van der Waals surface area contributed by atoms with Gasteiger partial charge in [0.05, 0.1) is 0 Å². The average molecular weight is 249 g/mol. The van der Waals surface area contributed by atoms with E-state index in [0.29, 0.717) is 0 Å². The van der Waals surface area contributed by atoms with E-state index >= 15 is 0 Å². The zero-order chi connectivity index (χ0) is 11.9. The summed E-state index contributed by atoms with van der Waals surface area (Å²) in [5.41, 5.74) is 0. The molecule has 3 heteroatoms. The zero-order valence-corrected chi connectivity index (χ0v) is 11.6. The third-order valence-electron chi connectivity index (χ3n) is 5.83. The molecule has 0 amide bonds. The van der Waals surface area contributed by atoms with Crippen molar-refractivity contribution in [3.8, 4) is 0 Å². The van der Waals surface area contributed by atoms with Crippen LogP contribution in [0.4, 0.5) is 0 Å². The molecule has 4 aliphatic heterocycles. The zero-order valence-electron chi connectivity index (χ0n) is 11.6. The quantitative estimate of drug-likeness (QED) is 0.642. The topological polar surface area (TPSA) is 9.72 Å². The maximum absolute atomic E-state index is 2.82. The molecule has 18 heavy (non-hydrogen) atoms. The fraction of sp³-hybridized carbons (Fsp3) is 1.00. The Hall–Kier alpha value is -0.120. The Morgan fingerprint density at radius 2 is 0.833 bits per heavy atom. The summed E-state index contributed by atoms with van der Waals surface area (Å²) in [6, 6.07) is 2.64. The molecule has 0 bridgehead atoms. The second kappa shape index (κ2) is 4.77. The summed E-state index contributed by atoms with van der Waals surface area (Å²) in [6.45, 7) is 8.20. The molecule has 0 aromatic rings. The molecule has 0 aromatic carbocycles. The first kappa shape index (κ1) is 11.7. The summed E-state index contributed by atoms with van der Waals surface area (Å²) in [7, 11) is 0. The summed E-state index contributed by atoms with van der Waals surface area (Å²) in [5, 5.41) is 0. The van der Waals surface area contributed by atoms with Crippen molar-refractivity contribution in [3.05, 3.63) is 0 Å². The fourth-order valence-electron chi connectivity index (χ4n) is 4.84. The van der Waals surface area contributed by atoms with E-state index < -0.39 is 0 Å². The summed E-state index contributed by atoms with van der Waals surface area (Å²) in [6.07, 6.45) is 8.68. The van der Waals surface area contributed by atoms with E-state index in [9.17, 15) is 0 Å². The molecular weight excluding hydrogens is 222 g/mol. The first-order valence-electron chi connectivity index (χ1n) is 8.12. The van der Waals surface area contributed by atoms with Gasteiger partial charge in [0, 0.05) is 37.8 Å². The molecular formula is C15H27N3. The predicted molar refractivity (Wildman–Crippen MR) is 73.8 cm³/mol. The van der Waals surface area contributed by atoms with Crippen molar-refractivity contribution in [1.82, 2.24) is 14.7 Å². The van der Waals surface area contributed by atoms with E-state index in [4.69, 9.17) is 0 Å². The van der Waals surface area contributed by atoms with Gasteiger partial charge in [-0.3, -0.25) is 14.7 Å². The molecule has 102 valence electrons. The van der Waals surface area contributed by atoms with Crippen molar-refractivity contribution in [2.45, 2.75) is 56.7 Å². The highest BCUT2D eigenvalue weighted by Gasteiger charge is 2.38. The highest BCUT2D eigenvalue weighted by Crippen LogP contribution is 2.30. The Morgan fingerprint density at radius 1 is 0.500 bits per heavy atom. The Balaban J connectivity index is 1.57. The minimum absolute atomic E-state index is 0.881. The van der Waals surface area contributed by atoms with Gasteiger partial charge in [-0.15, -0.1) is 0 Å². The van der Waals surface area contributed by atoms with Gasteiger partial charge in [0.2, 0.25) is 0 Å². The number of hydrogen-bond donors (Lipinski definition) is 0. The molecule has 4 saturated heterocycles. The Labute approximate surface area is 111 Å². The Bertz CT molecular complexity index is 235. The third kappa shape index (κ3) is 2.00. The summed E-state index contributed by atoms with van der Waals surface area (Å²) < 4.78 is 0. The van der Waals surface area contributed by atoms with E-state index in [1.165, 1.54) is 77.8 Å². The van der Waals surface area contributed by atoms with Crippen LogP contribution in [-0.4, -0.2) is 72.1 Å². The van der Waals surface area contributed by atoms with Gasteiger partial charge >= 0.3 is 0 Å². The van der Waals surface area contributed by atoms with Crippen LogP contribution < -0.4 is 0 Å². The van der Waals surface area contributed by atoms with Crippen LogP contribution in [0.2, 0.25) is 0 Å². The minimum Gasteiger partial charge on any atom is -0.298 e. The lowest BCUT2D eigenvalue weighted by Crippen LogP contribution is -2.43. The van der Waals surface area contributed by atoms with Gasteiger partial charge in [-0.05, 0) is 58.2 Å². The van der Waals surface area contributed by atoms with Gasteiger partial charge in [-0.2, -0.15) is 0 Å². The van der Waals surface area contributed by atoms with E-state index in [1.54, 1.807) is 0 Å². The van der Waals surface area contributed by atoms with Crippen LogP contribution in [0.15, 0.2) is 0 Å². The standard InChI is InChI=1S/C15H27N3/c1-4-13-10-17-8-3-6-15(17)12-18-9-2-5-14(18)11-16(13)7-1/h13-15H,1-12H2/t13-,14-,15-/m0/s1. The van der Waals surface area contributed by atoms with Gasteiger partial charge in [-0.1, -0.05) is 0 Å². The van der Waals surface area contributed by atoms with Crippen molar-refractivity contribution in [2.24, 2.45) is 0 Å². The van der Waals surface area contributed by atoms with E-state index in [2.05, 4.69) is 14.7 Å². The van der Waals surface area contributed by atoms with Crippen LogP contribution in [-0.2, 0) is 0 Å². The SMILES string of the molecule is C1C[C@H]2CN3CCC[C@H]3CN3CCC[C@H]3CN2C1. The lowest BCUT2D eigenvalue weighted by atomic mass is 10.1. The van der Waals surface area contributed by atoms with Crippen LogP contribution in [0, 0.1) is 0 Å². The van der Waals surface area contributed by atoms with Crippen molar-refractivity contribution >= 4 is 0 Å². The largest absolute Gasteiger partial charge is 0.298 e. The van der Waals surface area contributed by atoms with Gasteiger partial charge in [0.1, 0.15) is 0 Å². The molecule has 0 radical (unpaired) electrons. The third-order valence-corrected chi connectivity index (χ3v) is 5.83. The molecule has 0 unspecified atom stereocenters. The second-order valence-corrected chi connectivity index (χ2v) is 6.87. The molecule has 0 saturated carbocycles. The van der Waals surface area contributed by atoms with Crippen LogP contribution in [0.1, 0.15) is 38.5 Å². The number of nitrogens with zero attached hydrogens (tertiary/aromatic N) is 3. The summed E-state index contributed by atoms with van der Waals surface area (Å²) in [5.74, 6) is 0. The Morgan fingerprint density at radius 3 is 1.17 bits per heavy atom. The van der Waals surface area contributed by atoms with Gasteiger partial charge in [0.15, 0.2) is 0 Å². The van der Waals surface area contributed by atoms with Crippen molar-refractivity contribution in [1.29, 1.82) is 0 Å². The maximum atomic E-state index is 2.82. The molecule has 3 atom stereocenters. The first-order chi connectivity index (χ1) is 8.90. The first-order valence-corrected chi connectivity index (χ1v) is 8.12. The van der Waals surface area contributed by atoms with E-state index in [0.717, 1.165) is 18.1 Å². The van der Waals surface area contributed by atoms with Crippen molar-refractivity contribution < 1.29 is 0 Å². The molecule has 0 N–H and O–H groups in total. The highest BCUT2D eigenvalue weighted by molar-refractivity contribution is 4.95. The smallest absolute Gasteiger partial charge is 0.0224 e. The van der Waals surface area contributed by atoms with Crippen molar-refractivity contribution in [3.63, 3.8) is 0 Å². The number of fused-ring (bicyclic) bond motifs is 3. The normalized spacial score (nSPS) is 43.0. The molecule has 0 aromatic heterocycles. The lowest BCUT2D eigenvalue weighted by Gasteiger charge is -2.30. The van der Waals surface area contributed by atoms with Crippen molar-refractivity contribution in [2.75, 3.05) is 39.3 Å². The maximum Gasteiger partial charge on any atom is 0.0224 e. The fourth-order valence-corrected chi connectivity index (χ4v) is 4.84. The molecule has 4 rings (SSSR count). The lowest BCUT2D eigenvalue weighted by molar-refractivity contribution is 0.173. The molecule has 4 heterocycles. The molecule has 4 aliphatic rings. The van der Waals surface area contributed by atoms with Gasteiger partial charge in [0.25, 0.3) is 0 Å². The number of hydrogen-bond acceptors (Lipinski definition) is 3. The summed E-state index contributed by atoms with van der Waals surface area (Å²) in [4.78, 5) is 8.47. The molecule has 3 nitrogen and oxygen atoms in total. The molecule has 0 spiro atoms. The van der Waals surface area contributed by atoms with Crippen LogP contribution in [0.3, 0.4) is 0 Å². The average Bonchev–Trinajstić information content (AvgIpc) is 3.04. The van der Waals surface area contributed by atoms with Crippen LogP contribution in [0.5, 0.6) is 0 Å². The van der Waals surface area contributed by atoms with Crippen LogP contribution in [0.25, 0.3) is 0 Å². The minimum atomic E-state index is 0.881.